The van der Waals surface area contributed by atoms with Gasteiger partial charge in [-0.2, -0.15) is 0 Å². The molecule has 3 nitrogen and oxygen atoms in total. The van der Waals surface area contributed by atoms with Crippen LogP contribution in [0.5, 0.6) is 5.75 Å². The average molecular weight is 297 g/mol. The van der Waals surface area contributed by atoms with Gasteiger partial charge in [0.05, 0.1) is 12.3 Å². The Labute approximate surface area is 122 Å². The maximum Gasteiger partial charge on any atom is 0.144 e. The predicted molar refractivity (Wildman–Crippen MR) is 81.8 cm³/mol. The zero-order chi connectivity index (χ0) is 13.8. The second kappa shape index (κ2) is 6.04. The van der Waals surface area contributed by atoms with Crippen molar-refractivity contribution in [1.82, 2.24) is 0 Å². The summed E-state index contributed by atoms with van der Waals surface area (Å²) in [5, 5.41) is 4.37. The summed E-state index contributed by atoms with van der Waals surface area (Å²) in [6.07, 6.45) is 0. The van der Waals surface area contributed by atoms with Gasteiger partial charge >= 0.3 is 0 Å². The Morgan fingerprint density at radius 2 is 1.74 bits per heavy atom. The molecule has 0 atom stereocenters. The molecule has 0 radical (unpaired) electrons. The van der Waals surface area contributed by atoms with Crippen LogP contribution in [0, 0.1) is 0 Å². The van der Waals surface area contributed by atoms with E-state index in [1.165, 1.54) is 0 Å². The molecule has 3 N–H and O–H groups in total. The zero-order valence-corrected chi connectivity index (χ0v) is 11.9. The Hall–Kier alpha value is -1.58. The number of benzene rings is 2. The van der Waals surface area contributed by atoms with Crippen LogP contribution in [-0.2, 0) is 0 Å². The molecule has 0 heterocycles. The topological polar surface area (TPSA) is 47.3 Å². The largest absolute Gasteiger partial charge is 0.492 e. The van der Waals surface area contributed by atoms with Crippen LogP contribution in [0.1, 0.15) is 6.92 Å². The summed E-state index contributed by atoms with van der Waals surface area (Å²) in [6, 6.07) is 10.8. The van der Waals surface area contributed by atoms with Gasteiger partial charge in [0.25, 0.3) is 0 Å². The molecule has 0 amide bonds. The Balaban J connectivity index is 2.25. The maximum absolute atomic E-state index is 5.95. The highest BCUT2D eigenvalue weighted by atomic mass is 35.5. The second-order valence-electron chi connectivity index (χ2n) is 3.97. The van der Waals surface area contributed by atoms with Crippen LogP contribution < -0.4 is 15.8 Å². The first kappa shape index (κ1) is 13.8. The molecule has 0 aliphatic rings. The van der Waals surface area contributed by atoms with Gasteiger partial charge in [-0.05, 0) is 37.3 Å². The molecule has 2 aromatic rings. The average Bonchev–Trinajstić information content (AvgIpc) is 2.32. The van der Waals surface area contributed by atoms with Gasteiger partial charge in [-0.15, -0.1) is 0 Å². The van der Waals surface area contributed by atoms with E-state index in [0.717, 1.165) is 11.4 Å². The van der Waals surface area contributed by atoms with Crippen molar-refractivity contribution in [3.8, 4) is 5.75 Å². The number of nitrogen functional groups attached to an aromatic ring is 1. The molecule has 0 spiro atoms. The van der Waals surface area contributed by atoms with E-state index in [0.29, 0.717) is 28.1 Å². The smallest absolute Gasteiger partial charge is 0.144 e. The van der Waals surface area contributed by atoms with E-state index < -0.39 is 0 Å². The molecule has 19 heavy (non-hydrogen) atoms. The van der Waals surface area contributed by atoms with Gasteiger partial charge in [0.15, 0.2) is 0 Å². The molecule has 0 saturated heterocycles. The molecule has 5 heteroatoms. The normalized spacial score (nSPS) is 10.3. The number of nitrogens with two attached hydrogens (primary N) is 1. The van der Waals surface area contributed by atoms with Crippen LogP contribution in [-0.4, -0.2) is 6.61 Å². The number of hydrogen-bond acceptors (Lipinski definition) is 3. The molecule has 0 aromatic heterocycles. The third kappa shape index (κ3) is 3.69. The van der Waals surface area contributed by atoms with Gasteiger partial charge in [0, 0.05) is 27.5 Å². The van der Waals surface area contributed by atoms with Crippen molar-refractivity contribution >= 4 is 40.3 Å². The highest BCUT2D eigenvalue weighted by Gasteiger charge is 2.03. The molecular formula is C14H14Cl2N2O. The number of anilines is 3. The number of nitrogens with one attached hydrogen (secondary N) is 1. The number of hydrogen-bond donors (Lipinski definition) is 2. The summed E-state index contributed by atoms with van der Waals surface area (Å²) >= 11 is 11.9. The fourth-order valence-electron chi connectivity index (χ4n) is 1.69. The molecule has 2 aromatic carbocycles. The van der Waals surface area contributed by atoms with E-state index in [4.69, 9.17) is 33.7 Å². The molecule has 2 rings (SSSR count). The van der Waals surface area contributed by atoms with Crippen molar-refractivity contribution in [3.05, 3.63) is 46.4 Å². The molecule has 0 bridgehead atoms. The van der Waals surface area contributed by atoms with Crippen LogP contribution in [0.4, 0.5) is 17.1 Å². The van der Waals surface area contributed by atoms with Crippen molar-refractivity contribution in [2.75, 3.05) is 17.7 Å². The summed E-state index contributed by atoms with van der Waals surface area (Å²) in [5.74, 6) is 0.653. The third-order valence-electron chi connectivity index (χ3n) is 2.46. The molecule has 0 aliphatic heterocycles. The Kier molecular flexibility index (Phi) is 4.40. The monoisotopic (exact) mass is 296 g/mol. The predicted octanol–water partition coefficient (Wildman–Crippen LogP) is 4.72. The number of halogens is 2. The zero-order valence-electron chi connectivity index (χ0n) is 10.4. The van der Waals surface area contributed by atoms with Gasteiger partial charge in [-0.1, -0.05) is 23.2 Å². The quantitative estimate of drug-likeness (QED) is 0.803. The highest BCUT2D eigenvalue weighted by molar-refractivity contribution is 6.35. The SMILES string of the molecule is CCOc1cc(Nc2cc(Cl)cc(Cl)c2)ccc1N. The molecule has 0 saturated carbocycles. The third-order valence-corrected chi connectivity index (χ3v) is 2.90. The van der Waals surface area contributed by atoms with Gasteiger partial charge in [0.2, 0.25) is 0 Å². The van der Waals surface area contributed by atoms with E-state index in [9.17, 15) is 0 Å². The number of rotatable bonds is 4. The molecule has 100 valence electrons. The summed E-state index contributed by atoms with van der Waals surface area (Å²) < 4.78 is 5.45. The lowest BCUT2D eigenvalue weighted by atomic mass is 10.2. The molecule has 0 unspecified atom stereocenters. The van der Waals surface area contributed by atoms with Gasteiger partial charge in [0.1, 0.15) is 5.75 Å². The lowest BCUT2D eigenvalue weighted by Gasteiger charge is -2.11. The highest BCUT2D eigenvalue weighted by Crippen LogP contribution is 2.29. The fourth-order valence-corrected chi connectivity index (χ4v) is 2.21. The van der Waals surface area contributed by atoms with Crippen molar-refractivity contribution < 1.29 is 4.74 Å². The van der Waals surface area contributed by atoms with Crippen LogP contribution >= 0.6 is 23.2 Å². The fraction of sp³-hybridized carbons (Fsp3) is 0.143. The van der Waals surface area contributed by atoms with E-state index in [1.807, 2.05) is 19.1 Å². The Bertz CT molecular complexity index is 567. The minimum absolute atomic E-state index is 0.566. The van der Waals surface area contributed by atoms with Crippen molar-refractivity contribution in [3.63, 3.8) is 0 Å². The van der Waals surface area contributed by atoms with E-state index in [1.54, 1.807) is 24.3 Å². The van der Waals surface area contributed by atoms with E-state index in [-0.39, 0.29) is 0 Å². The Morgan fingerprint density at radius 1 is 1.05 bits per heavy atom. The lowest BCUT2D eigenvalue weighted by Crippen LogP contribution is -1.98. The minimum Gasteiger partial charge on any atom is -0.492 e. The summed E-state index contributed by atoms with van der Waals surface area (Å²) in [7, 11) is 0. The van der Waals surface area contributed by atoms with Gasteiger partial charge in [-0.3, -0.25) is 0 Å². The second-order valence-corrected chi connectivity index (χ2v) is 4.84. The molecular weight excluding hydrogens is 283 g/mol. The minimum atomic E-state index is 0.566. The first-order chi connectivity index (χ1) is 9.08. The van der Waals surface area contributed by atoms with Crippen LogP contribution in [0.15, 0.2) is 36.4 Å². The van der Waals surface area contributed by atoms with Crippen molar-refractivity contribution in [1.29, 1.82) is 0 Å². The van der Waals surface area contributed by atoms with Crippen LogP contribution in [0.2, 0.25) is 10.0 Å². The van der Waals surface area contributed by atoms with Crippen molar-refractivity contribution in [2.24, 2.45) is 0 Å². The molecule has 0 aliphatic carbocycles. The Morgan fingerprint density at radius 3 is 2.37 bits per heavy atom. The van der Waals surface area contributed by atoms with E-state index in [2.05, 4.69) is 5.32 Å². The summed E-state index contributed by atoms with van der Waals surface area (Å²) in [4.78, 5) is 0. The maximum atomic E-state index is 5.95. The van der Waals surface area contributed by atoms with Gasteiger partial charge < -0.3 is 15.8 Å². The lowest BCUT2D eigenvalue weighted by molar-refractivity contribution is 0.342. The first-order valence-corrected chi connectivity index (χ1v) is 6.59. The van der Waals surface area contributed by atoms with Gasteiger partial charge in [-0.25, -0.2) is 0 Å². The van der Waals surface area contributed by atoms with Crippen molar-refractivity contribution in [2.45, 2.75) is 6.92 Å². The standard InChI is InChI=1S/C14H14Cl2N2O/c1-2-19-14-8-11(3-4-13(14)17)18-12-6-9(15)5-10(16)7-12/h3-8,18H,2,17H2,1H3. The van der Waals surface area contributed by atoms with E-state index >= 15 is 0 Å². The summed E-state index contributed by atoms with van der Waals surface area (Å²) in [5.41, 5.74) is 8.10. The summed E-state index contributed by atoms with van der Waals surface area (Å²) in [6.45, 7) is 2.48. The van der Waals surface area contributed by atoms with Crippen LogP contribution in [0.3, 0.4) is 0 Å². The first-order valence-electron chi connectivity index (χ1n) is 5.84. The number of ether oxygens (including phenoxy) is 1. The van der Waals surface area contributed by atoms with Crippen LogP contribution in [0.25, 0.3) is 0 Å². The molecule has 0 fully saturated rings.